The number of rotatable bonds is 5. The molecule has 0 spiro atoms. The number of hydrogen-bond acceptors (Lipinski definition) is 4. The fraction of sp³-hybridized carbons (Fsp3) is 0.308. The van der Waals surface area contributed by atoms with Crippen LogP contribution in [-0.4, -0.2) is 57.5 Å². The Labute approximate surface area is 193 Å². The highest BCUT2D eigenvalue weighted by molar-refractivity contribution is 5.96. The molecule has 4 rings (SSSR count). The molecule has 1 aromatic heterocycles. The second-order valence-electron chi connectivity index (χ2n) is 8.46. The lowest BCUT2D eigenvalue weighted by Crippen LogP contribution is -2.59. The molecule has 7 heteroatoms. The minimum absolute atomic E-state index is 0.0709. The number of likely N-dealkylation sites (N-methyl/N-ethyl adjacent to an activating group) is 1. The van der Waals surface area contributed by atoms with Gasteiger partial charge in [0.15, 0.2) is 0 Å². The second-order valence-corrected chi connectivity index (χ2v) is 8.46. The van der Waals surface area contributed by atoms with Gasteiger partial charge in [-0.25, -0.2) is 5.10 Å². The van der Waals surface area contributed by atoms with Gasteiger partial charge in [0.25, 0.3) is 11.5 Å². The van der Waals surface area contributed by atoms with E-state index in [9.17, 15) is 14.4 Å². The maximum atomic E-state index is 13.3. The van der Waals surface area contributed by atoms with Gasteiger partial charge in [0.05, 0.1) is 0 Å². The first-order valence-electron chi connectivity index (χ1n) is 11.2. The van der Waals surface area contributed by atoms with Crippen LogP contribution in [0.5, 0.6) is 0 Å². The summed E-state index contributed by atoms with van der Waals surface area (Å²) < 4.78 is 0. The largest absolute Gasteiger partial charge is 0.339 e. The van der Waals surface area contributed by atoms with Crippen LogP contribution in [0.2, 0.25) is 0 Å². The summed E-state index contributed by atoms with van der Waals surface area (Å²) in [6.07, 6.45) is 0.406. The van der Waals surface area contributed by atoms with Crippen molar-refractivity contribution in [1.29, 1.82) is 0 Å². The van der Waals surface area contributed by atoms with Gasteiger partial charge in [-0.3, -0.25) is 14.4 Å². The van der Waals surface area contributed by atoms with Gasteiger partial charge in [0, 0.05) is 32.1 Å². The third kappa shape index (κ3) is 4.72. The highest BCUT2D eigenvalue weighted by Gasteiger charge is 2.37. The van der Waals surface area contributed by atoms with Gasteiger partial charge in [0.2, 0.25) is 5.91 Å². The molecular weight excluding hydrogens is 416 g/mol. The molecule has 1 fully saturated rings. The van der Waals surface area contributed by atoms with Crippen molar-refractivity contribution in [3.05, 3.63) is 87.3 Å². The summed E-state index contributed by atoms with van der Waals surface area (Å²) in [7, 11) is 0. The first-order valence-corrected chi connectivity index (χ1v) is 11.2. The summed E-state index contributed by atoms with van der Waals surface area (Å²) >= 11 is 0. The zero-order valence-corrected chi connectivity index (χ0v) is 19.2. The van der Waals surface area contributed by atoms with Crippen molar-refractivity contribution in [2.45, 2.75) is 33.2 Å². The minimum atomic E-state index is -0.630. The number of carbonyl (C=O) groups is 2. The van der Waals surface area contributed by atoms with E-state index in [-0.39, 0.29) is 23.1 Å². The number of carbonyl (C=O) groups excluding carboxylic acids is 2. The SMILES string of the molecule is CCN1CCN(C(=O)c2ccc(=O)[nH]n2)[C@@H](Cc2cccc(-c3ccc(C)cc3C)c2)C1=O. The molecule has 2 aromatic carbocycles. The van der Waals surface area contributed by atoms with E-state index in [1.807, 2.05) is 19.1 Å². The molecule has 0 bridgehead atoms. The Kier molecular flexibility index (Phi) is 6.40. The van der Waals surface area contributed by atoms with E-state index in [2.05, 4.69) is 54.4 Å². The average molecular weight is 445 g/mol. The van der Waals surface area contributed by atoms with Crippen LogP contribution in [0.1, 0.15) is 34.1 Å². The maximum absolute atomic E-state index is 13.3. The molecule has 1 N–H and O–H groups in total. The summed E-state index contributed by atoms with van der Waals surface area (Å²) in [6, 6.07) is 16.5. The Morgan fingerprint density at radius 3 is 2.58 bits per heavy atom. The Hall–Kier alpha value is -3.74. The summed E-state index contributed by atoms with van der Waals surface area (Å²) in [5.74, 6) is -0.427. The van der Waals surface area contributed by atoms with Crippen LogP contribution in [0.15, 0.2) is 59.4 Å². The molecule has 0 saturated carbocycles. The van der Waals surface area contributed by atoms with Crippen molar-refractivity contribution in [3.8, 4) is 11.1 Å². The number of nitrogens with zero attached hydrogens (tertiary/aromatic N) is 3. The smallest absolute Gasteiger partial charge is 0.275 e. The molecule has 1 aliphatic heterocycles. The fourth-order valence-electron chi connectivity index (χ4n) is 4.43. The van der Waals surface area contributed by atoms with Crippen molar-refractivity contribution >= 4 is 11.8 Å². The molecule has 33 heavy (non-hydrogen) atoms. The van der Waals surface area contributed by atoms with E-state index in [0.717, 1.165) is 16.7 Å². The predicted molar refractivity (Wildman–Crippen MR) is 127 cm³/mol. The van der Waals surface area contributed by atoms with Gasteiger partial charge < -0.3 is 9.80 Å². The Morgan fingerprint density at radius 1 is 1.06 bits per heavy atom. The van der Waals surface area contributed by atoms with Gasteiger partial charge >= 0.3 is 0 Å². The molecule has 0 radical (unpaired) electrons. The second kappa shape index (κ2) is 9.40. The van der Waals surface area contributed by atoms with Crippen LogP contribution in [0.4, 0.5) is 0 Å². The molecule has 7 nitrogen and oxygen atoms in total. The standard InChI is InChI=1S/C26H28N4O3/c1-4-29-12-13-30(25(32)22-10-11-24(31)28-27-22)23(26(29)33)16-19-6-5-7-20(15-19)21-9-8-17(2)14-18(21)3/h5-11,14-15,23H,4,12-13,16H2,1-3H3,(H,28,31)/t23-/m0/s1. The van der Waals surface area contributed by atoms with Crippen molar-refractivity contribution < 1.29 is 9.59 Å². The summed E-state index contributed by atoms with van der Waals surface area (Å²) in [6.45, 7) is 7.60. The number of hydrogen-bond donors (Lipinski definition) is 1. The zero-order chi connectivity index (χ0) is 23.5. The van der Waals surface area contributed by atoms with E-state index in [4.69, 9.17) is 0 Å². The predicted octanol–water partition coefficient (Wildman–Crippen LogP) is 2.97. The monoisotopic (exact) mass is 444 g/mol. The summed E-state index contributed by atoms with van der Waals surface area (Å²) in [5.41, 5.74) is 5.37. The van der Waals surface area contributed by atoms with Crippen LogP contribution in [0.3, 0.4) is 0 Å². The molecule has 1 saturated heterocycles. The topological polar surface area (TPSA) is 86.4 Å². The minimum Gasteiger partial charge on any atom is -0.339 e. The lowest BCUT2D eigenvalue weighted by Gasteiger charge is -2.40. The number of amides is 2. The van der Waals surface area contributed by atoms with Crippen LogP contribution in [0, 0.1) is 13.8 Å². The van der Waals surface area contributed by atoms with Gasteiger partial charge in [-0.05, 0) is 49.1 Å². The Morgan fingerprint density at radius 2 is 1.88 bits per heavy atom. The lowest BCUT2D eigenvalue weighted by atomic mass is 9.94. The fourth-order valence-corrected chi connectivity index (χ4v) is 4.43. The molecule has 3 aromatic rings. The zero-order valence-electron chi connectivity index (χ0n) is 19.2. The first kappa shape index (κ1) is 22.5. The molecule has 1 atom stereocenters. The average Bonchev–Trinajstić information content (AvgIpc) is 2.80. The third-order valence-corrected chi connectivity index (χ3v) is 6.17. The van der Waals surface area contributed by atoms with Crippen molar-refractivity contribution in [2.75, 3.05) is 19.6 Å². The van der Waals surface area contributed by atoms with E-state index >= 15 is 0 Å². The van der Waals surface area contributed by atoms with Gasteiger partial charge in [-0.2, -0.15) is 5.10 Å². The number of aromatic amines is 1. The number of aryl methyl sites for hydroxylation is 2. The van der Waals surface area contributed by atoms with E-state index in [0.29, 0.717) is 26.1 Å². The normalized spacial score (nSPS) is 16.2. The highest BCUT2D eigenvalue weighted by Crippen LogP contribution is 2.26. The Balaban J connectivity index is 1.65. The Bertz CT molecular complexity index is 1230. The molecule has 170 valence electrons. The van der Waals surface area contributed by atoms with E-state index in [1.54, 1.807) is 9.80 Å². The number of piperazine rings is 1. The molecule has 1 aliphatic rings. The van der Waals surface area contributed by atoms with Crippen LogP contribution in [0.25, 0.3) is 11.1 Å². The molecule has 2 heterocycles. The van der Waals surface area contributed by atoms with Gasteiger partial charge in [-0.1, -0.05) is 48.0 Å². The van der Waals surface area contributed by atoms with Gasteiger partial charge in [0.1, 0.15) is 11.7 Å². The number of aromatic nitrogens is 2. The first-order chi connectivity index (χ1) is 15.9. The van der Waals surface area contributed by atoms with E-state index < -0.39 is 6.04 Å². The quantitative estimate of drug-likeness (QED) is 0.656. The van der Waals surface area contributed by atoms with E-state index in [1.165, 1.54) is 23.3 Å². The number of benzene rings is 2. The van der Waals surface area contributed by atoms with Crippen molar-refractivity contribution in [3.63, 3.8) is 0 Å². The van der Waals surface area contributed by atoms with Gasteiger partial charge in [-0.15, -0.1) is 0 Å². The molecule has 0 unspecified atom stereocenters. The molecule has 0 aliphatic carbocycles. The van der Waals surface area contributed by atoms with Crippen LogP contribution >= 0.6 is 0 Å². The third-order valence-electron chi connectivity index (χ3n) is 6.17. The van der Waals surface area contributed by atoms with Crippen molar-refractivity contribution in [1.82, 2.24) is 20.0 Å². The molecular formula is C26H28N4O3. The van der Waals surface area contributed by atoms with Crippen LogP contribution in [-0.2, 0) is 11.2 Å². The summed E-state index contributed by atoms with van der Waals surface area (Å²) in [4.78, 5) is 41.2. The number of nitrogens with one attached hydrogen (secondary N) is 1. The lowest BCUT2D eigenvalue weighted by molar-refractivity contribution is -0.139. The molecule has 2 amide bonds. The van der Waals surface area contributed by atoms with Crippen molar-refractivity contribution in [2.24, 2.45) is 0 Å². The summed E-state index contributed by atoms with van der Waals surface area (Å²) in [5, 5.41) is 6.18. The maximum Gasteiger partial charge on any atom is 0.275 e. The van der Waals surface area contributed by atoms with Crippen LogP contribution < -0.4 is 5.56 Å². The highest BCUT2D eigenvalue weighted by atomic mass is 16.2. The number of H-pyrrole nitrogens is 1.